The monoisotopic (exact) mass is 633 g/mol. The first-order valence-corrected chi connectivity index (χ1v) is 14.5. The summed E-state index contributed by atoms with van der Waals surface area (Å²) in [7, 11) is 1.81. The number of nitrogens with zero attached hydrogens (tertiary/aromatic N) is 5. The molecule has 0 spiro atoms. The van der Waals surface area contributed by atoms with Crippen molar-refractivity contribution in [2.24, 2.45) is 0 Å². The second-order valence-corrected chi connectivity index (χ2v) is 11.7. The van der Waals surface area contributed by atoms with Crippen molar-refractivity contribution in [3.63, 3.8) is 0 Å². The van der Waals surface area contributed by atoms with Crippen molar-refractivity contribution in [2.45, 2.75) is 24.7 Å². The van der Waals surface area contributed by atoms with E-state index < -0.39 is 17.6 Å². The molecule has 2 amide bonds. The van der Waals surface area contributed by atoms with E-state index in [1.807, 2.05) is 35.0 Å². The van der Waals surface area contributed by atoms with E-state index in [9.17, 15) is 22.4 Å². The van der Waals surface area contributed by atoms with Crippen LogP contribution in [0.15, 0.2) is 60.7 Å². The summed E-state index contributed by atoms with van der Waals surface area (Å²) in [6.45, 7) is 3.30. The highest BCUT2D eigenvalue weighted by Crippen LogP contribution is 2.36. The summed E-state index contributed by atoms with van der Waals surface area (Å²) < 4.78 is 53.5. The normalized spacial score (nSPS) is 19.2. The lowest BCUT2D eigenvalue weighted by atomic mass is 9.93. The number of urea groups is 1. The summed E-state index contributed by atoms with van der Waals surface area (Å²) in [5.74, 6) is -1.48. The van der Waals surface area contributed by atoms with Crippen molar-refractivity contribution in [2.75, 3.05) is 51.2 Å². The number of benzene rings is 3. The number of amides is 2. The van der Waals surface area contributed by atoms with Gasteiger partial charge >= 0.3 is 12.2 Å². The third-order valence-corrected chi connectivity index (χ3v) is 8.92. The molecule has 0 radical (unpaired) electrons. The van der Waals surface area contributed by atoms with Crippen molar-refractivity contribution >= 4 is 34.9 Å². The van der Waals surface area contributed by atoms with E-state index in [2.05, 4.69) is 11.0 Å². The minimum Gasteiger partial charge on any atom is -0.368 e. The third-order valence-electron chi connectivity index (χ3n) is 8.18. The molecule has 0 N–H and O–H groups in total. The smallest absolute Gasteiger partial charge is 0.368 e. The Labute approximate surface area is 257 Å². The van der Waals surface area contributed by atoms with Crippen molar-refractivity contribution < 1.29 is 22.4 Å². The van der Waals surface area contributed by atoms with Gasteiger partial charge in [-0.3, -0.25) is 4.90 Å². The standard InChI is InChI=1S/C31H29Cl2F4N5O/c1-39(17-21-4-8-25(28(34)14-21)31(35,36)37)29-19-42(18-24(29)22-5-9-26(32)27(33)15-22)30(43)41-12-10-40(11-13-41)23-6-2-20(16-38)3-7-23/h2-9,14-15,24,29H,10-13,17-19H2,1H3/t24-,29?/m1/s1. The molecule has 2 aliphatic rings. The van der Waals surface area contributed by atoms with Gasteiger partial charge in [0.1, 0.15) is 5.82 Å². The summed E-state index contributed by atoms with van der Waals surface area (Å²) in [6, 6.07) is 17.5. The summed E-state index contributed by atoms with van der Waals surface area (Å²) >= 11 is 12.5. The number of nitriles is 1. The summed E-state index contributed by atoms with van der Waals surface area (Å²) in [5, 5.41) is 9.84. The Morgan fingerprint density at radius 2 is 1.65 bits per heavy atom. The van der Waals surface area contributed by atoms with E-state index in [1.165, 1.54) is 6.07 Å². The number of carbonyl (C=O) groups is 1. The largest absolute Gasteiger partial charge is 0.419 e. The second kappa shape index (κ2) is 12.6. The molecule has 12 heteroatoms. The average Bonchev–Trinajstić information content (AvgIpc) is 3.43. The molecule has 3 aromatic rings. The van der Waals surface area contributed by atoms with Gasteiger partial charge in [0.05, 0.1) is 27.2 Å². The molecule has 0 bridgehead atoms. The van der Waals surface area contributed by atoms with E-state index in [1.54, 1.807) is 29.2 Å². The Hall–Kier alpha value is -3.52. The van der Waals surface area contributed by atoms with Gasteiger partial charge in [0.15, 0.2) is 0 Å². The Bertz CT molecular complexity index is 1520. The first-order chi connectivity index (χ1) is 20.4. The van der Waals surface area contributed by atoms with Gasteiger partial charge in [-0.05, 0) is 66.7 Å². The molecule has 2 atom stereocenters. The van der Waals surface area contributed by atoms with Crippen LogP contribution >= 0.6 is 23.2 Å². The van der Waals surface area contributed by atoms with Crippen LogP contribution in [0.4, 0.5) is 28.0 Å². The zero-order valence-corrected chi connectivity index (χ0v) is 24.8. The van der Waals surface area contributed by atoms with Gasteiger partial charge in [0, 0.05) is 63.5 Å². The number of anilines is 1. The van der Waals surface area contributed by atoms with Gasteiger partial charge < -0.3 is 14.7 Å². The summed E-state index contributed by atoms with van der Waals surface area (Å²) in [4.78, 5) is 21.4. The third kappa shape index (κ3) is 6.85. The van der Waals surface area contributed by atoms with Crippen molar-refractivity contribution in [3.8, 4) is 6.07 Å². The average molecular weight is 635 g/mol. The highest BCUT2D eigenvalue weighted by molar-refractivity contribution is 6.42. The Kier molecular flexibility index (Phi) is 9.07. The first-order valence-electron chi connectivity index (χ1n) is 13.7. The molecule has 2 saturated heterocycles. The second-order valence-electron chi connectivity index (χ2n) is 10.9. The Morgan fingerprint density at radius 3 is 2.26 bits per heavy atom. The Balaban J connectivity index is 1.31. The lowest BCUT2D eigenvalue weighted by Gasteiger charge is -2.38. The number of hydrogen-bond donors (Lipinski definition) is 0. The van der Waals surface area contributed by atoms with E-state index in [0.717, 1.165) is 23.4 Å². The van der Waals surface area contributed by atoms with Crippen LogP contribution in [0.1, 0.15) is 28.2 Å². The van der Waals surface area contributed by atoms with Crippen LogP contribution in [0.2, 0.25) is 10.0 Å². The number of piperazine rings is 1. The molecule has 6 nitrogen and oxygen atoms in total. The number of hydrogen-bond acceptors (Lipinski definition) is 4. The predicted molar refractivity (Wildman–Crippen MR) is 158 cm³/mol. The first kappa shape index (κ1) is 30.9. The van der Waals surface area contributed by atoms with E-state index >= 15 is 0 Å². The molecule has 0 aromatic heterocycles. The predicted octanol–water partition coefficient (Wildman–Crippen LogP) is 6.86. The molecule has 2 fully saturated rings. The zero-order valence-electron chi connectivity index (χ0n) is 23.3. The fourth-order valence-corrected chi connectivity index (χ4v) is 6.16. The molecular weight excluding hydrogens is 605 g/mol. The van der Waals surface area contributed by atoms with Gasteiger partial charge in [-0.2, -0.15) is 18.4 Å². The quantitative estimate of drug-likeness (QED) is 0.288. The molecule has 5 rings (SSSR count). The minimum atomic E-state index is -4.77. The fraction of sp³-hybridized carbons (Fsp3) is 0.355. The minimum absolute atomic E-state index is 0.0963. The summed E-state index contributed by atoms with van der Waals surface area (Å²) in [5.41, 5.74) is 1.55. The van der Waals surface area contributed by atoms with Gasteiger partial charge in [-0.15, -0.1) is 0 Å². The maximum absolute atomic E-state index is 14.3. The van der Waals surface area contributed by atoms with E-state index in [4.69, 9.17) is 28.5 Å². The Morgan fingerprint density at radius 1 is 0.953 bits per heavy atom. The van der Waals surface area contributed by atoms with Gasteiger partial charge in [0.25, 0.3) is 0 Å². The number of likely N-dealkylation sites (tertiary alicyclic amines) is 1. The van der Waals surface area contributed by atoms with E-state index in [-0.39, 0.29) is 24.5 Å². The molecule has 0 saturated carbocycles. The zero-order chi connectivity index (χ0) is 30.9. The maximum Gasteiger partial charge on any atom is 0.419 e. The van der Waals surface area contributed by atoms with Crippen LogP contribution in [0, 0.1) is 17.1 Å². The van der Waals surface area contributed by atoms with Crippen LogP contribution < -0.4 is 4.90 Å². The van der Waals surface area contributed by atoms with Crippen LogP contribution in [-0.4, -0.2) is 73.1 Å². The maximum atomic E-state index is 14.3. The molecule has 1 unspecified atom stereocenters. The molecule has 43 heavy (non-hydrogen) atoms. The van der Waals surface area contributed by atoms with Crippen LogP contribution in [0.5, 0.6) is 0 Å². The van der Waals surface area contributed by atoms with E-state index in [0.29, 0.717) is 60.4 Å². The molecule has 226 valence electrons. The molecular formula is C31H29Cl2F4N5O. The highest BCUT2D eigenvalue weighted by atomic mass is 35.5. The molecule has 3 aromatic carbocycles. The van der Waals surface area contributed by atoms with Gasteiger partial charge in [-0.25, -0.2) is 9.18 Å². The number of rotatable bonds is 5. The lowest BCUT2D eigenvalue weighted by molar-refractivity contribution is -0.140. The number of alkyl halides is 3. The number of likely N-dealkylation sites (N-methyl/N-ethyl adjacent to an activating group) is 1. The topological polar surface area (TPSA) is 53.8 Å². The van der Waals surface area contributed by atoms with Crippen molar-refractivity contribution in [3.05, 3.63) is 98.8 Å². The molecule has 2 aliphatic heterocycles. The molecule has 0 aliphatic carbocycles. The van der Waals surface area contributed by atoms with Gasteiger partial charge in [-0.1, -0.05) is 35.3 Å². The van der Waals surface area contributed by atoms with Gasteiger partial charge in [0.2, 0.25) is 0 Å². The highest BCUT2D eigenvalue weighted by Gasteiger charge is 2.41. The SMILES string of the molecule is CN(Cc1ccc(C(F)(F)F)c(F)c1)C1CN(C(=O)N2CCN(c3ccc(C#N)cc3)CC2)C[C@@H]1c1ccc(Cl)c(Cl)c1. The fourth-order valence-electron chi connectivity index (χ4n) is 5.85. The van der Waals surface area contributed by atoms with Crippen molar-refractivity contribution in [1.82, 2.24) is 14.7 Å². The van der Waals surface area contributed by atoms with Crippen molar-refractivity contribution in [1.29, 1.82) is 5.26 Å². The van der Waals surface area contributed by atoms with Crippen LogP contribution in [0.3, 0.4) is 0 Å². The van der Waals surface area contributed by atoms with Crippen LogP contribution in [0.25, 0.3) is 0 Å². The molecule has 2 heterocycles. The number of halogens is 6. The number of carbonyl (C=O) groups excluding carboxylic acids is 1. The van der Waals surface area contributed by atoms with Crippen LogP contribution in [-0.2, 0) is 12.7 Å². The lowest BCUT2D eigenvalue weighted by Crippen LogP contribution is -2.52. The summed E-state index contributed by atoms with van der Waals surface area (Å²) in [6.07, 6.45) is -4.77.